The van der Waals surface area contributed by atoms with E-state index in [1.165, 1.54) is 0 Å². The molecule has 0 radical (unpaired) electrons. The summed E-state index contributed by atoms with van der Waals surface area (Å²) < 4.78 is 0. The van der Waals surface area contributed by atoms with E-state index in [1.807, 2.05) is 0 Å². The van der Waals surface area contributed by atoms with Crippen molar-refractivity contribution >= 4 is 6.29 Å². The quantitative estimate of drug-likeness (QED) is 0.498. The van der Waals surface area contributed by atoms with Crippen molar-refractivity contribution in [2.75, 3.05) is 0 Å². The molecule has 0 atom stereocenters. The van der Waals surface area contributed by atoms with Crippen molar-refractivity contribution in [3.63, 3.8) is 0 Å². The fourth-order valence-electron chi connectivity index (χ4n) is 0.457. The van der Waals surface area contributed by atoms with Gasteiger partial charge in [0.15, 0.2) is 0 Å². The number of carbonyl (C=O) groups excluding carboxylic acids is 1. The zero-order valence-corrected chi connectivity index (χ0v) is 6.09. The first-order valence-electron chi connectivity index (χ1n) is 2.28. The summed E-state index contributed by atoms with van der Waals surface area (Å²) in [4.78, 5) is 9.85. The molecule has 1 rings (SSSR count). The predicted octanol–water partition coefficient (Wildman–Crippen LogP) is 0.942. The first-order chi connectivity index (χ1) is 3.93. The second kappa shape index (κ2) is 4.43. The van der Waals surface area contributed by atoms with Gasteiger partial charge < -0.3 is 16.4 Å². The molecule has 0 spiro atoms. The van der Waals surface area contributed by atoms with E-state index in [4.69, 9.17) is 0 Å². The summed E-state index contributed by atoms with van der Waals surface area (Å²) in [7, 11) is 0. The molecule has 0 amide bonds. The number of benzene rings is 1. The molecular weight excluding hydrogens is 206 g/mol. The first-order valence-corrected chi connectivity index (χ1v) is 2.28. The molecular formula is C7H4OPd. The Labute approximate surface area is 67.7 Å². The van der Waals surface area contributed by atoms with Crippen LogP contribution in [0.1, 0.15) is 5.56 Å². The third kappa shape index (κ3) is 2.55. The van der Waals surface area contributed by atoms with Crippen LogP contribution < -0.4 is 0 Å². The Morgan fingerprint density at radius 3 is 2.56 bits per heavy atom. The first kappa shape index (κ1) is 8.55. The molecule has 48 valence electrons. The van der Waals surface area contributed by atoms with Crippen LogP contribution >= 0.6 is 0 Å². The van der Waals surface area contributed by atoms with Crippen LogP contribution in [0.4, 0.5) is 0 Å². The van der Waals surface area contributed by atoms with Crippen LogP contribution in [0, 0.1) is 6.07 Å². The molecule has 0 heterocycles. The van der Waals surface area contributed by atoms with Crippen molar-refractivity contribution in [1.82, 2.24) is 0 Å². The van der Waals surface area contributed by atoms with Crippen LogP contribution in [0.2, 0.25) is 0 Å². The van der Waals surface area contributed by atoms with Crippen LogP contribution in [-0.4, -0.2) is 6.29 Å². The molecule has 2 heteroatoms. The van der Waals surface area contributed by atoms with Crippen LogP contribution in [-0.2, 0) is 25.2 Å². The molecule has 0 aliphatic rings. The minimum absolute atomic E-state index is 0. The number of hydrogen-bond donors (Lipinski definition) is 0. The fraction of sp³-hybridized carbons (Fsp3) is 0. The van der Waals surface area contributed by atoms with Gasteiger partial charge in [-0.3, -0.25) is 6.07 Å². The average Bonchev–Trinajstić information content (AvgIpc) is 1.90. The van der Waals surface area contributed by atoms with E-state index in [0.29, 0.717) is 5.56 Å². The van der Waals surface area contributed by atoms with Crippen LogP contribution in [0.25, 0.3) is 0 Å². The summed E-state index contributed by atoms with van der Waals surface area (Å²) in [6, 6.07) is 9.62. The Kier molecular flexibility index (Phi) is 4.21. The minimum atomic E-state index is 0. The van der Waals surface area contributed by atoms with Gasteiger partial charge in [-0.1, -0.05) is 0 Å². The summed E-state index contributed by atoms with van der Waals surface area (Å²) in [6.07, 6.45) is 1.72. The van der Waals surface area contributed by atoms with Gasteiger partial charge in [0.05, 0.1) is 0 Å². The van der Waals surface area contributed by atoms with Gasteiger partial charge in [0, 0.05) is 0 Å². The van der Waals surface area contributed by atoms with Crippen molar-refractivity contribution in [2.45, 2.75) is 0 Å². The van der Waals surface area contributed by atoms with Crippen molar-refractivity contribution < 1.29 is 25.2 Å². The Morgan fingerprint density at radius 1 is 1.44 bits per heavy atom. The standard InChI is InChI=1S/C7H4O.Pd/c8-6-7-4-2-1-3-5-7;/h1-4H;/q-2;+2. The zero-order valence-electron chi connectivity index (χ0n) is 4.53. The molecule has 0 saturated heterocycles. The molecule has 0 aromatic heterocycles. The summed E-state index contributed by atoms with van der Waals surface area (Å²) in [6.45, 7) is 0. The topological polar surface area (TPSA) is 17.1 Å². The minimum Gasteiger partial charge on any atom is -0.462 e. The average molecular weight is 211 g/mol. The number of hydrogen-bond acceptors (Lipinski definition) is 1. The van der Waals surface area contributed by atoms with Gasteiger partial charge in [0.1, 0.15) is 0 Å². The molecule has 1 aromatic carbocycles. The molecule has 9 heavy (non-hydrogen) atoms. The molecule has 1 aromatic rings. The van der Waals surface area contributed by atoms with Gasteiger partial charge in [-0.25, -0.2) is 0 Å². The monoisotopic (exact) mass is 210 g/mol. The van der Waals surface area contributed by atoms with Crippen molar-refractivity contribution in [3.05, 3.63) is 35.9 Å². The molecule has 0 bridgehead atoms. The third-order valence-corrected chi connectivity index (χ3v) is 0.819. The van der Waals surface area contributed by atoms with E-state index in [-0.39, 0.29) is 20.4 Å². The zero-order chi connectivity index (χ0) is 5.82. The van der Waals surface area contributed by atoms with Crippen molar-refractivity contribution in [2.24, 2.45) is 0 Å². The van der Waals surface area contributed by atoms with Gasteiger partial charge >= 0.3 is 20.4 Å². The van der Waals surface area contributed by atoms with E-state index in [9.17, 15) is 4.79 Å². The fourth-order valence-corrected chi connectivity index (χ4v) is 0.457. The Balaban J connectivity index is 0.000000640. The Morgan fingerprint density at radius 2 is 2.22 bits per heavy atom. The second-order valence-electron chi connectivity index (χ2n) is 1.38. The van der Waals surface area contributed by atoms with E-state index >= 15 is 0 Å². The van der Waals surface area contributed by atoms with E-state index in [2.05, 4.69) is 6.07 Å². The maximum atomic E-state index is 9.85. The number of rotatable bonds is 1. The second-order valence-corrected chi connectivity index (χ2v) is 1.38. The molecule has 0 aliphatic heterocycles. The molecule has 0 saturated carbocycles. The Hall–Kier alpha value is -0.448. The smallest absolute Gasteiger partial charge is 0.462 e. The maximum Gasteiger partial charge on any atom is 2.00 e. The SMILES string of the molecule is O=[C-]c1[c-]cccc1.[Pd+2]. The van der Waals surface area contributed by atoms with Crippen molar-refractivity contribution in [3.8, 4) is 0 Å². The molecule has 0 unspecified atom stereocenters. The third-order valence-electron chi connectivity index (χ3n) is 0.819. The van der Waals surface area contributed by atoms with Gasteiger partial charge in [-0.15, -0.1) is 12.4 Å². The summed E-state index contributed by atoms with van der Waals surface area (Å²) in [5, 5.41) is 0. The molecule has 0 fully saturated rings. The Bertz CT molecular complexity index is 172. The van der Waals surface area contributed by atoms with E-state index in [0.717, 1.165) is 0 Å². The predicted molar refractivity (Wildman–Crippen MR) is 30.1 cm³/mol. The molecule has 1 nitrogen and oxygen atoms in total. The molecule has 0 aliphatic carbocycles. The van der Waals surface area contributed by atoms with Gasteiger partial charge in [0.2, 0.25) is 0 Å². The van der Waals surface area contributed by atoms with Crippen LogP contribution in [0.15, 0.2) is 24.3 Å². The summed E-state index contributed by atoms with van der Waals surface area (Å²) >= 11 is 0. The summed E-state index contributed by atoms with van der Waals surface area (Å²) in [5.74, 6) is 0. The van der Waals surface area contributed by atoms with Crippen LogP contribution in [0.5, 0.6) is 0 Å². The normalized spacial score (nSPS) is 7.56. The van der Waals surface area contributed by atoms with Crippen molar-refractivity contribution in [1.29, 1.82) is 0 Å². The maximum absolute atomic E-state index is 9.85. The van der Waals surface area contributed by atoms with Gasteiger partial charge in [-0.05, 0) is 0 Å². The van der Waals surface area contributed by atoms with Crippen LogP contribution in [0.3, 0.4) is 0 Å². The van der Waals surface area contributed by atoms with Gasteiger partial charge in [0.25, 0.3) is 0 Å². The van der Waals surface area contributed by atoms with E-state index < -0.39 is 0 Å². The summed E-state index contributed by atoms with van der Waals surface area (Å²) in [5.41, 5.74) is 0.479. The van der Waals surface area contributed by atoms with Gasteiger partial charge in [-0.2, -0.15) is 12.1 Å². The molecule has 0 N–H and O–H groups in total. The van der Waals surface area contributed by atoms with E-state index in [1.54, 1.807) is 30.6 Å². The largest absolute Gasteiger partial charge is 2.00 e.